The fourth-order valence-electron chi connectivity index (χ4n) is 4.11. The number of carbonyl (C=O) groups is 1. The molecule has 3 heterocycles. The van der Waals surface area contributed by atoms with Crippen LogP contribution >= 0.6 is 0 Å². The van der Waals surface area contributed by atoms with E-state index in [9.17, 15) is 4.79 Å². The number of hydrogen-bond donors (Lipinski definition) is 0. The normalized spacial score (nSPS) is 25.5. The van der Waals surface area contributed by atoms with Crippen LogP contribution in [0.3, 0.4) is 0 Å². The molecule has 2 atom stereocenters. The lowest BCUT2D eigenvalue weighted by Crippen LogP contribution is -2.52. The number of hydrogen-bond acceptors (Lipinski definition) is 4. The van der Waals surface area contributed by atoms with Crippen LogP contribution in [0.25, 0.3) is 0 Å². The molecule has 2 bridgehead atoms. The zero-order chi connectivity index (χ0) is 17.9. The molecule has 2 aromatic rings. The molecule has 0 N–H and O–H groups in total. The molecule has 1 unspecified atom stereocenters. The molecule has 0 aromatic heterocycles. The Morgan fingerprint density at radius 3 is 2.38 bits per heavy atom. The highest BCUT2D eigenvalue weighted by Crippen LogP contribution is 2.32. The third-order valence-electron chi connectivity index (χ3n) is 5.63. The maximum absolute atomic E-state index is 12.6. The van der Waals surface area contributed by atoms with Gasteiger partial charge in [-0.05, 0) is 49.9 Å². The van der Waals surface area contributed by atoms with Crippen LogP contribution in [0.2, 0.25) is 0 Å². The lowest BCUT2D eigenvalue weighted by molar-refractivity contribution is -0.0642. The first-order valence-electron chi connectivity index (χ1n) is 9.41. The van der Waals surface area contributed by atoms with Crippen molar-refractivity contribution in [1.29, 1.82) is 0 Å². The van der Waals surface area contributed by atoms with Crippen molar-refractivity contribution < 1.29 is 14.3 Å². The Balaban J connectivity index is 1.51. The molecule has 0 aliphatic carbocycles. The van der Waals surface area contributed by atoms with E-state index >= 15 is 0 Å². The van der Waals surface area contributed by atoms with Gasteiger partial charge in [0.25, 0.3) is 0 Å². The van der Waals surface area contributed by atoms with Gasteiger partial charge in [-0.3, -0.25) is 4.90 Å². The highest BCUT2D eigenvalue weighted by atomic mass is 16.7. The summed E-state index contributed by atoms with van der Waals surface area (Å²) in [4.78, 5) is 15.0. The molecular weight excluding hydrogens is 326 g/mol. The van der Waals surface area contributed by atoms with Crippen LogP contribution < -0.4 is 0 Å². The number of nitrogens with zero attached hydrogens (tertiary/aromatic N) is 1. The Morgan fingerprint density at radius 1 is 1.04 bits per heavy atom. The average Bonchev–Trinajstić information content (AvgIpc) is 2.68. The summed E-state index contributed by atoms with van der Waals surface area (Å²) in [6, 6.07) is 17.9. The first kappa shape index (κ1) is 17.1. The fourth-order valence-corrected chi connectivity index (χ4v) is 4.11. The van der Waals surface area contributed by atoms with Crippen molar-refractivity contribution in [2.75, 3.05) is 19.6 Å². The second-order valence-corrected chi connectivity index (χ2v) is 7.31. The van der Waals surface area contributed by atoms with Gasteiger partial charge >= 0.3 is 6.16 Å². The molecule has 136 valence electrons. The van der Waals surface area contributed by atoms with E-state index in [1.165, 1.54) is 0 Å². The molecule has 3 saturated heterocycles. The molecule has 26 heavy (non-hydrogen) atoms. The summed E-state index contributed by atoms with van der Waals surface area (Å²) in [6.45, 7) is 5.11. The quantitative estimate of drug-likeness (QED) is 0.769. The van der Waals surface area contributed by atoms with Crippen LogP contribution in [0.1, 0.15) is 35.6 Å². The van der Waals surface area contributed by atoms with Crippen LogP contribution in [-0.4, -0.2) is 36.8 Å². The van der Waals surface area contributed by atoms with E-state index in [-0.39, 0.29) is 6.10 Å². The number of piperidine rings is 3. The summed E-state index contributed by atoms with van der Waals surface area (Å²) in [6.07, 6.45) is 1.15. The number of ether oxygens (including phenoxy) is 2. The van der Waals surface area contributed by atoms with Crippen molar-refractivity contribution in [1.82, 2.24) is 4.90 Å². The van der Waals surface area contributed by atoms with Crippen LogP contribution in [0.4, 0.5) is 4.79 Å². The number of rotatable bonds is 4. The Kier molecular flexibility index (Phi) is 4.93. The zero-order valence-corrected chi connectivity index (χ0v) is 15.1. The van der Waals surface area contributed by atoms with Crippen molar-refractivity contribution >= 4 is 6.16 Å². The molecule has 0 amide bonds. The minimum Gasteiger partial charge on any atom is -0.429 e. The van der Waals surface area contributed by atoms with Gasteiger partial charge in [0.2, 0.25) is 0 Å². The van der Waals surface area contributed by atoms with Crippen molar-refractivity contribution in [3.05, 3.63) is 71.3 Å². The Bertz CT molecular complexity index is 753. The van der Waals surface area contributed by atoms with Gasteiger partial charge in [0, 0.05) is 12.1 Å². The number of benzene rings is 2. The molecule has 0 saturated carbocycles. The van der Waals surface area contributed by atoms with Gasteiger partial charge in [-0.2, -0.15) is 0 Å². The predicted molar refractivity (Wildman–Crippen MR) is 100.0 cm³/mol. The number of carbonyl (C=O) groups excluding carboxylic acids is 1. The van der Waals surface area contributed by atoms with Crippen molar-refractivity contribution in [2.45, 2.75) is 32.0 Å². The zero-order valence-electron chi connectivity index (χ0n) is 15.1. The minimum atomic E-state index is -0.569. The van der Waals surface area contributed by atoms with Gasteiger partial charge in [0.1, 0.15) is 6.10 Å². The first-order valence-corrected chi connectivity index (χ1v) is 9.41. The lowest BCUT2D eigenvalue weighted by Gasteiger charge is -2.43. The van der Waals surface area contributed by atoms with E-state index < -0.39 is 12.3 Å². The average molecular weight is 351 g/mol. The lowest BCUT2D eigenvalue weighted by atomic mass is 9.86. The van der Waals surface area contributed by atoms with Gasteiger partial charge in [-0.25, -0.2) is 4.79 Å². The molecule has 0 spiro atoms. The smallest absolute Gasteiger partial charge is 0.429 e. The van der Waals surface area contributed by atoms with Crippen molar-refractivity contribution in [3.8, 4) is 0 Å². The topological polar surface area (TPSA) is 38.8 Å². The summed E-state index contributed by atoms with van der Waals surface area (Å²) >= 11 is 0. The van der Waals surface area contributed by atoms with E-state index in [0.29, 0.717) is 5.92 Å². The molecule has 3 fully saturated rings. The first-order chi connectivity index (χ1) is 12.7. The Hall–Kier alpha value is -2.33. The maximum atomic E-state index is 12.6. The highest BCUT2D eigenvalue weighted by molar-refractivity contribution is 5.61. The standard InChI is InChI=1S/C22H25NO3/c1-16-7-5-6-10-19(16)21(18-8-3-2-4-9-18)26-22(24)25-20-15-23-13-11-17(20)12-14-23/h2-10,17,20-21H,11-15H2,1H3/t20-,21?/m0/s1. The molecular formula is C22H25NO3. The second kappa shape index (κ2) is 7.50. The number of aryl methyl sites for hydroxylation is 1. The monoisotopic (exact) mass is 351 g/mol. The third kappa shape index (κ3) is 3.61. The van der Waals surface area contributed by atoms with Crippen LogP contribution in [0.15, 0.2) is 54.6 Å². The Labute approximate surface area is 154 Å². The largest absolute Gasteiger partial charge is 0.509 e. The summed E-state index contributed by atoms with van der Waals surface area (Å²) in [5.74, 6) is 0.473. The van der Waals surface area contributed by atoms with Crippen molar-refractivity contribution in [2.24, 2.45) is 5.92 Å². The molecule has 0 radical (unpaired) electrons. The van der Waals surface area contributed by atoms with E-state index in [1.54, 1.807) is 0 Å². The maximum Gasteiger partial charge on any atom is 0.509 e. The Morgan fingerprint density at radius 2 is 1.73 bits per heavy atom. The third-order valence-corrected chi connectivity index (χ3v) is 5.63. The van der Waals surface area contributed by atoms with Gasteiger partial charge in [-0.1, -0.05) is 54.6 Å². The molecule has 3 aliphatic heterocycles. The number of fused-ring (bicyclic) bond motifs is 3. The van der Waals surface area contributed by atoms with Gasteiger partial charge in [0.15, 0.2) is 6.10 Å². The van der Waals surface area contributed by atoms with Crippen LogP contribution in [-0.2, 0) is 9.47 Å². The van der Waals surface area contributed by atoms with Gasteiger partial charge in [-0.15, -0.1) is 0 Å². The molecule has 4 heteroatoms. The molecule has 2 aromatic carbocycles. The van der Waals surface area contributed by atoms with Gasteiger partial charge < -0.3 is 9.47 Å². The highest BCUT2D eigenvalue weighted by Gasteiger charge is 2.37. The van der Waals surface area contributed by atoms with Crippen LogP contribution in [0.5, 0.6) is 0 Å². The fraction of sp³-hybridized carbons (Fsp3) is 0.409. The van der Waals surface area contributed by atoms with E-state index in [0.717, 1.165) is 49.2 Å². The summed E-state index contributed by atoms with van der Waals surface area (Å²) < 4.78 is 11.6. The van der Waals surface area contributed by atoms with E-state index in [4.69, 9.17) is 9.47 Å². The van der Waals surface area contributed by atoms with Crippen molar-refractivity contribution in [3.63, 3.8) is 0 Å². The van der Waals surface area contributed by atoms with E-state index in [2.05, 4.69) is 4.90 Å². The molecule has 3 aliphatic rings. The second-order valence-electron chi connectivity index (χ2n) is 7.31. The minimum absolute atomic E-state index is 0.0432. The summed E-state index contributed by atoms with van der Waals surface area (Å²) in [7, 11) is 0. The SMILES string of the molecule is Cc1ccccc1C(OC(=O)O[C@H]1CN2CCC1CC2)c1ccccc1. The van der Waals surface area contributed by atoms with Crippen LogP contribution in [0, 0.1) is 12.8 Å². The molecule has 5 rings (SSSR count). The van der Waals surface area contributed by atoms with E-state index in [1.807, 2.05) is 61.5 Å². The predicted octanol–water partition coefficient (Wildman–Crippen LogP) is 4.33. The summed E-state index contributed by atoms with van der Waals surface area (Å²) in [5.41, 5.74) is 3.04. The van der Waals surface area contributed by atoms with Gasteiger partial charge in [0.05, 0.1) is 0 Å². The summed E-state index contributed by atoms with van der Waals surface area (Å²) in [5, 5.41) is 0. The molecule has 4 nitrogen and oxygen atoms in total.